The molecular formula is C13H28N2. The summed E-state index contributed by atoms with van der Waals surface area (Å²) in [5.74, 6) is 1.63. The van der Waals surface area contributed by atoms with Crippen LogP contribution in [0, 0.1) is 11.8 Å². The standard InChI is InChI=1S/C13H28N2/c1-12(2)6-7-14-10-13(3)11-15-8-4-5-9-15/h12-14H,4-11H2,1-3H3. The summed E-state index contributed by atoms with van der Waals surface area (Å²) in [5, 5.41) is 3.56. The van der Waals surface area contributed by atoms with Gasteiger partial charge in [-0.15, -0.1) is 0 Å². The first-order valence-corrected chi connectivity index (χ1v) is 6.61. The van der Waals surface area contributed by atoms with Crippen LogP contribution in [-0.2, 0) is 0 Å². The van der Waals surface area contributed by atoms with Crippen molar-refractivity contribution in [1.29, 1.82) is 0 Å². The van der Waals surface area contributed by atoms with Gasteiger partial charge in [-0.25, -0.2) is 0 Å². The normalized spacial score (nSPS) is 20.0. The number of rotatable bonds is 7. The van der Waals surface area contributed by atoms with Crippen LogP contribution in [0.3, 0.4) is 0 Å². The van der Waals surface area contributed by atoms with E-state index in [0.717, 1.165) is 11.8 Å². The second-order valence-electron chi connectivity index (χ2n) is 5.50. The number of nitrogens with zero attached hydrogens (tertiary/aromatic N) is 1. The SMILES string of the molecule is CC(C)CCNCC(C)CN1CCCC1. The van der Waals surface area contributed by atoms with Gasteiger partial charge in [-0.3, -0.25) is 0 Å². The third-order valence-electron chi connectivity index (χ3n) is 3.16. The fourth-order valence-corrected chi connectivity index (χ4v) is 2.21. The lowest BCUT2D eigenvalue weighted by Crippen LogP contribution is -2.32. The van der Waals surface area contributed by atoms with Crippen molar-refractivity contribution in [3.63, 3.8) is 0 Å². The Morgan fingerprint density at radius 2 is 1.80 bits per heavy atom. The second kappa shape index (κ2) is 7.24. The molecule has 15 heavy (non-hydrogen) atoms. The summed E-state index contributed by atoms with van der Waals surface area (Å²) < 4.78 is 0. The molecule has 0 bridgehead atoms. The van der Waals surface area contributed by atoms with Gasteiger partial charge in [0.2, 0.25) is 0 Å². The fourth-order valence-electron chi connectivity index (χ4n) is 2.21. The highest BCUT2D eigenvalue weighted by Gasteiger charge is 2.13. The molecule has 1 aliphatic heterocycles. The lowest BCUT2D eigenvalue weighted by atomic mass is 10.1. The van der Waals surface area contributed by atoms with Crippen molar-refractivity contribution in [3.8, 4) is 0 Å². The third-order valence-corrected chi connectivity index (χ3v) is 3.16. The van der Waals surface area contributed by atoms with Crippen molar-refractivity contribution < 1.29 is 0 Å². The molecule has 0 aromatic rings. The number of hydrogen-bond donors (Lipinski definition) is 1. The van der Waals surface area contributed by atoms with Gasteiger partial charge < -0.3 is 10.2 Å². The molecular weight excluding hydrogens is 184 g/mol. The molecule has 1 rings (SSSR count). The lowest BCUT2D eigenvalue weighted by Gasteiger charge is -2.20. The molecule has 1 heterocycles. The number of likely N-dealkylation sites (tertiary alicyclic amines) is 1. The van der Waals surface area contributed by atoms with Gasteiger partial charge >= 0.3 is 0 Å². The van der Waals surface area contributed by atoms with Gasteiger partial charge in [-0.2, -0.15) is 0 Å². The second-order valence-corrected chi connectivity index (χ2v) is 5.50. The Labute approximate surface area is 95.4 Å². The molecule has 1 fully saturated rings. The summed E-state index contributed by atoms with van der Waals surface area (Å²) in [6, 6.07) is 0. The van der Waals surface area contributed by atoms with Crippen LogP contribution in [0.25, 0.3) is 0 Å². The Bertz CT molecular complexity index is 151. The van der Waals surface area contributed by atoms with Crippen LogP contribution in [0.5, 0.6) is 0 Å². The Hall–Kier alpha value is -0.0800. The summed E-state index contributed by atoms with van der Waals surface area (Å²) >= 11 is 0. The maximum atomic E-state index is 3.56. The van der Waals surface area contributed by atoms with Crippen LogP contribution in [0.2, 0.25) is 0 Å². The highest BCUT2D eigenvalue weighted by atomic mass is 15.1. The molecule has 1 aliphatic rings. The number of nitrogens with one attached hydrogen (secondary N) is 1. The summed E-state index contributed by atoms with van der Waals surface area (Å²) in [7, 11) is 0. The van der Waals surface area contributed by atoms with E-state index in [-0.39, 0.29) is 0 Å². The molecule has 0 aromatic heterocycles. The van der Waals surface area contributed by atoms with Crippen LogP contribution >= 0.6 is 0 Å². The van der Waals surface area contributed by atoms with Crippen LogP contribution in [-0.4, -0.2) is 37.6 Å². The van der Waals surface area contributed by atoms with Crippen LogP contribution < -0.4 is 5.32 Å². The predicted octanol–water partition coefficient (Wildman–Crippen LogP) is 2.35. The topological polar surface area (TPSA) is 15.3 Å². The molecule has 0 radical (unpaired) electrons. The van der Waals surface area contributed by atoms with E-state index in [9.17, 15) is 0 Å². The average molecular weight is 212 g/mol. The largest absolute Gasteiger partial charge is 0.316 e. The minimum absolute atomic E-state index is 0.801. The van der Waals surface area contributed by atoms with Crippen molar-refractivity contribution in [1.82, 2.24) is 10.2 Å². The molecule has 2 nitrogen and oxygen atoms in total. The van der Waals surface area contributed by atoms with Crippen LogP contribution in [0.4, 0.5) is 0 Å². The highest BCUT2D eigenvalue weighted by Crippen LogP contribution is 2.09. The van der Waals surface area contributed by atoms with E-state index in [1.165, 1.54) is 52.0 Å². The zero-order chi connectivity index (χ0) is 11.1. The predicted molar refractivity (Wildman–Crippen MR) is 67.2 cm³/mol. The maximum absolute atomic E-state index is 3.56. The monoisotopic (exact) mass is 212 g/mol. The first-order chi connectivity index (χ1) is 7.18. The molecule has 0 aromatic carbocycles. The average Bonchev–Trinajstić information content (AvgIpc) is 2.64. The minimum atomic E-state index is 0.801. The maximum Gasteiger partial charge on any atom is 0.00191 e. The Morgan fingerprint density at radius 1 is 1.13 bits per heavy atom. The lowest BCUT2D eigenvalue weighted by molar-refractivity contribution is 0.282. The molecule has 2 heteroatoms. The van der Waals surface area contributed by atoms with E-state index in [1.54, 1.807) is 0 Å². The van der Waals surface area contributed by atoms with E-state index in [2.05, 4.69) is 31.0 Å². The Balaban J connectivity index is 1.95. The van der Waals surface area contributed by atoms with Crippen LogP contribution in [0.1, 0.15) is 40.0 Å². The smallest absolute Gasteiger partial charge is 0.00191 e. The van der Waals surface area contributed by atoms with Crippen molar-refractivity contribution in [2.24, 2.45) is 11.8 Å². The Morgan fingerprint density at radius 3 is 2.40 bits per heavy atom. The summed E-state index contributed by atoms with van der Waals surface area (Å²) in [4.78, 5) is 2.61. The van der Waals surface area contributed by atoms with Gasteiger partial charge in [0.05, 0.1) is 0 Å². The Kier molecular flexibility index (Phi) is 6.26. The summed E-state index contributed by atoms with van der Waals surface area (Å²) in [6.45, 7) is 13.2. The van der Waals surface area contributed by atoms with Crippen molar-refractivity contribution >= 4 is 0 Å². The molecule has 1 N–H and O–H groups in total. The summed E-state index contributed by atoms with van der Waals surface area (Å²) in [6.07, 6.45) is 4.12. The van der Waals surface area contributed by atoms with Crippen molar-refractivity contribution in [2.75, 3.05) is 32.7 Å². The van der Waals surface area contributed by atoms with Gasteiger partial charge in [-0.1, -0.05) is 20.8 Å². The fraction of sp³-hybridized carbons (Fsp3) is 1.00. The van der Waals surface area contributed by atoms with Gasteiger partial charge in [0.15, 0.2) is 0 Å². The summed E-state index contributed by atoms with van der Waals surface area (Å²) in [5.41, 5.74) is 0. The third kappa shape index (κ3) is 6.16. The molecule has 0 saturated carbocycles. The van der Waals surface area contributed by atoms with Crippen LogP contribution in [0.15, 0.2) is 0 Å². The minimum Gasteiger partial charge on any atom is -0.316 e. The quantitative estimate of drug-likeness (QED) is 0.652. The first-order valence-electron chi connectivity index (χ1n) is 6.61. The molecule has 1 unspecified atom stereocenters. The molecule has 1 atom stereocenters. The molecule has 90 valence electrons. The molecule has 0 amide bonds. The zero-order valence-corrected chi connectivity index (χ0v) is 10.8. The van der Waals surface area contributed by atoms with Gasteiger partial charge in [0.25, 0.3) is 0 Å². The number of hydrogen-bond acceptors (Lipinski definition) is 2. The van der Waals surface area contributed by atoms with E-state index < -0.39 is 0 Å². The van der Waals surface area contributed by atoms with E-state index in [0.29, 0.717) is 0 Å². The molecule has 1 saturated heterocycles. The highest BCUT2D eigenvalue weighted by molar-refractivity contribution is 4.70. The van der Waals surface area contributed by atoms with E-state index >= 15 is 0 Å². The van der Waals surface area contributed by atoms with Crippen molar-refractivity contribution in [3.05, 3.63) is 0 Å². The van der Waals surface area contributed by atoms with Crippen molar-refractivity contribution in [2.45, 2.75) is 40.0 Å². The van der Waals surface area contributed by atoms with Gasteiger partial charge in [0.1, 0.15) is 0 Å². The first kappa shape index (κ1) is 13.0. The van der Waals surface area contributed by atoms with Gasteiger partial charge in [-0.05, 0) is 57.3 Å². The zero-order valence-electron chi connectivity index (χ0n) is 10.8. The van der Waals surface area contributed by atoms with Gasteiger partial charge in [0, 0.05) is 6.54 Å². The van der Waals surface area contributed by atoms with E-state index in [1.807, 2.05) is 0 Å². The van der Waals surface area contributed by atoms with E-state index in [4.69, 9.17) is 0 Å². The molecule has 0 aliphatic carbocycles. The molecule has 0 spiro atoms.